The van der Waals surface area contributed by atoms with E-state index in [1.165, 1.54) is 0 Å². The van der Waals surface area contributed by atoms with Crippen LogP contribution in [0.4, 0.5) is 4.79 Å². The Morgan fingerprint density at radius 2 is 2.00 bits per heavy atom. The molecule has 2 N–H and O–H groups in total. The first-order chi connectivity index (χ1) is 8.61. The lowest BCUT2D eigenvalue weighted by Gasteiger charge is -2.43. The van der Waals surface area contributed by atoms with Crippen molar-refractivity contribution < 1.29 is 29.1 Å². The molecule has 1 heterocycles. The zero-order valence-corrected chi connectivity index (χ0v) is 11.3. The molecule has 1 rings (SSSR count). The van der Waals surface area contributed by atoms with E-state index in [0.717, 1.165) is 5.06 Å². The molecule has 0 unspecified atom stereocenters. The number of hydroxylamine groups is 2. The number of nitrogens with one attached hydrogen (secondary N) is 1. The molecule has 2 atom stereocenters. The van der Waals surface area contributed by atoms with Crippen molar-refractivity contribution in [3.63, 3.8) is 0 Å². The molecule has 8 nitrogen and oxygen atoms in total. The van der Waals surface area contributed by atoms with Gasteiger partial charge >= 0.3 is 12.1 Å². The summed E-state index contributed by atoms with van der Waals surface area (Å²) >= 11 is 0. The van der Waals surface area contributed by atoms with E-state index in [1.807, 2.05) is 0 Å². The van der Waals surface area contributed by atoms with Crippen molar-refractivity contribution in [2.75, 3.05) is 6.61 Å². The average molecular weight is 274 g/mol. The fraction of sp³-hybridized carbons (Fsp3) is 0.727. The molecular weight excluding hydrogens is 256 g/mol. The minimum atomic E-state index is -1.18. The molecule has 1 fully saturated rings. The monoisotopic (exact) mass is 274 g/mol. The van der Waals surface area contributed by atoms with E-state index in [9.17, 15) is 14.4 Å². The number of rotatable bonds is 4. The fourth-order valence-corrected chi connectivity index (χ4v) is 1.52. The Balaban J connectivity index is 2.44. The smallest absolute Gasteiger partial charge is 0.408 e. The van der Waals surface area contributed by atoms with Crippen LogP contribution < -0.4 is 5.32 Å². The summed E-state index contributed by atoms with van der Waals surface area (Å²) in [6, 6.07) is -1.21. The largest absolute Gasteiger partial charge is 0.479 e. The molecule has 1 aliphatic heterocycles. The third kappa shape index (κ3) is 4.09. The van der Waals surface area contributed by atoms with Gasteiger partial charge in [-0.15, -0.1) is 0 Å². The van der Waals surface area contributed by atoms with Gasteiger partial charge in [0.15, 0.2) is 6.61 Å². The van der Waals surface area contributed by atoms with Crippen LogP contribution in [0.2, 0.25) is 0 Å². The summed E-state index contributed by atoms with van der Waals surface area (Å²) in [5.74, 6) is -1.68. The van der Waals surface area contributed by atoms with Crippen LogP contribution in [-0.2, 0) is 19.2 Å². The van der Waals surface area contributed by atoms with Gasteiger partial charge in [0.1, 0.15) is 11.6 Å². The van der Waals surface area contributed by atoms with E-state index in [4.69, 9.17) is 14.7 Å². The van der Waals surface area contributed by atoms with Gasteiger partial charge in [-0.3, -0.25) is 9.63 Å². The zero-order chi connectivity index (χ0) is 14.8. The molecule has 8 heteroatoms. The van der Waals surface area contributed by atoms with Gasteiger partial charge in [-0.05, 0) is 27.7 Å². The summed E-state index contributed by atoms with van der Waals surface area (Å²) in [5, 5.41) is 11.8. The van der Waals surface area contributed by atoms with E-state index in [-0.39, 0.29) is 0 Å². The van der Waals surface area contributed by atoms with Crippen molar-refractivity contribution in [3.05, 3.63) is 0 Å². The second-order valence-electron chi connectivity index (χ2n) is 5.20. The van der Waals surface area contributed by atoms with Gasteiger partial charge < -0.3 is 15.2 Å². The maximum atomic E-state index is 11.6. The molecule has 2 amide bonds. The number of aliphatic carboxylic acids is 1. The second kappa shape index (κ2) is 5.43. The first-order valence-corrected chi connectivity index (χ1v) is 5.79. The number of carboxylic acid groups (broad SMARTS) is 1. The molecule has 0 bridgehead atoms. The van der Waals surface area contributed by atoms with Crippen LogP contribution in [0, 0.1) is 0 Å². The van der Waals surface area contributed by atoms with Gasteiger partial charge in [0.2, 0.25) is 0 Å². The number of hydrogen-bond donors (Lipinski definition) is 2. The number of ether oxygens (including phenoxy) is 1. The molecule has 1 saturated heterocycles. The zero-order valence-electron chi connectivity index (χ0n) is 11.3. The molecule has 0 radical (unpaired) electrons. The van der Waals surface area contributed by atoms with Crippen LogP contribution in [0.15, 0.2) is 0 Å². The minimum Gasteiger partial charge on any atom is -0.479 e. The van der Waals surface area contributed by atoms with E-state index in [2.05, 4.69) is 5.32 Å². The summed E-state index contributed by atoms with van der Waals surface area (Å²) in [6.07, 6.45) is -0.699. The number of alkyl carbamates (subject to hydrolysis) is 1. The average Bonchev–Trinajstić information content (AvgIpc) is 2.23. The lowest BCUT2D eigenvalue weighted by atomic mass is 10.0. The van der Waals surface area contributed by atoms with Crippen LogP contribution in [0.25, 0.3) is 0 Å². The van der Waals surface area contributed by atoms with Crippen molar-refractivity contribution in [1.82, 2.24) is 10.4 Å². The Kier molecular flexibility index (Phi) is 4.35. The number of β-lactam (4-membered cyclic amide) rings is 1. The maximum Gasteiger partial charge on any atom is 0.408 e. The first-order valence-electron chi connectivity index (χ1n) is 5.79. The number of hydrogen-bond acceptors (Lipinski definition) is 5. The quantitative estimate of drug-likeness (QED) is 0.706. The molecule has 19 heavy (non-hydrogen) atoms. The number of nitrogens with zero attached hydrogens (tertiary/aromatic N) is 1. The third-order valence-corrected chi connectivity index (χ3v) is 2.33. The molecule has 108 valence electrons. The van der Waals surface area contributed by atoms with E-state index in [0.29, 0.717) is 0 Å². The lowest BCUT2D eigenvalue weighted by molar-refractivity contribution is -0.233. The number of carbonyl (C=O) groups excluding carboxylic acids is 2. The SMILES string of the molecule is C[C@H]1[C@H](NC(=O)OC(C)(C)C)C(=O)N1OCC(=O)O. The number of carbonyl (C=O) groups is 3. The summed E-state index contributed by atoms with van der Waals surface area (Å²) < 4.78 is 5.02. The third-order valence-electron chi connectivity index (χ3n) is 2.33. The highest BCUT2D eigenvalue weighted by molar-refractivity contribution is 5.91. The number of amides is 2. The Morgan fingerprint density at radius 1 is 1.42 bits per heavy atom. The molecule has 0 aliphatic carbocycles. The standard InChI is InChI=1S/C11H18N2O6/c1-6-8(12-10(17)19-11(2,3)4)9(16)13(6)18-5-7(14)15/h6,8H,5H2,1-4H3,(H,12,17)(H,14,15)/t6-,8-/m0/s1. The van der Waals surface area contributed by atoms with Crippen molar-refractivity contribution in [1.29, 1.82) is 0 Å². The summed E-state index contributed by atoms with van der Waals surface area (Å²) in [6.45, 7) is 6.16. The van der Waals surface area contributed by atoms with Crippen molar-refractivity contribution in [2.24, 2.45) is 0 Å². The van der Waals surface area contributed by atoms with Gasteiger partial charge in [-0.25, -0.2) is 14.7 Å². The summed E-state index contributed by atoms with van der Waals surface area (Å²) in [7, 11) is 0. The summed E-state index contributed by atoms with van der Waals surface area (Å²) in [5.41, 5.74) is -0.653. The van der Waals surface area contributed by atoms with Crippen molar-refractivity contribution in [2.45, 2.75) is 45.4 Å². The maximum absolute atomic E-state index is 11.6. The first kappa shape index (κ1) is 15.2. The topological polar surface area (TPSA) is 105 Å². The highest BCUT2D eigenvalue weighted by atomic mass is 16.7. The minimum absolute atomic E-state index is 0.445. The normalized spacial score (nSPS) is 22.7. The van der Waals surface area contributed by atoms with Gasteiger partial charge in [0, 0.05) is 0 Å². The highest BCUT2D eigenvalue weighted by Crippen LogP contribution is 2.20. The van der Waals surface area contributed by atoms with E-state index < -0.39 is 42.3 Å². The molecule has 1 aliphatic rings. The van der Waals surface area contributed by atoms with E-state index in [1.54, 1.807) is 27.7 Å². The molecule has 0 aromatic heterocycles. The predicted molar refractivity (Wildman–Crippen MR) is 63.1 cm³/mol. The van der Waals surface area contributed by atoms with Crippen molar-refractivity contribution in [3.8, 4) is 0 Å². The van der Waals surface area contributed by atoms with Gasteiger partial charge in [-0.1, -0.05) is 0 Å². The Morgan fingerprint density at radius 3 is 2.42 bits per heavy atom. The Bertz CT molecular complexity index is 389. The highest BCUT2D eigenvalue weighted by Gasteiger charge is 2.47. The second-order valence-corrected chi connectivity index (χ2v) is 5.20. The van der Waals surface area contributed by atoms with Crippen LogP contribution in [0.1, 0.15) is 27.7 Å². The molecule has 0 spiro atoms. The number of carboxylic acids is 1. The lowest BCUT2D eigenvalue weighted by Crippen LogP contribution is -2.69. The molecule has 0 saturated carbocycles. The van der Waals surface area contributed by atoms with E-state index >= 15 is 0 Å². The Hall–Kier alpha value is -1.83. The molecule has 0 aromatic carbocycles. The predicted octanol–water partition coefficient (Wildman–Crippen LogP) is 0.127. The van der Waals surface area contributed by atoms with Gasteiger partial charge in [0.25, 0.3) is 5.91 Å². The van der Waals surface area contributed by atoms with Crippen LogP contribution in [0.5, 0.6) is 0 Å². The van der Waals surface area contributed by atoms with Gasteiger partial charge in [-0.2, -0.15) is 0 Å². The van der Waals surface area contributed by atoms with Crippen LogP contribution in [0.3, 0.4) is 0 Å². The fourth-order valence-electron chi connectivity index (χ4n) is 1.52. The Labute approximate surface area is 110 Å². The molecule has 0 aromatic rings. The summed E-state index contributed by atoms with van der Waals surface area (Å²) in [4.78, 5) is 38.2. The van der Waals surface area contributed by atoms with Crippen LogP contribution >= 0.6 is 0 Å². The molecular formula is C11H18N2O6. The van der Waals surface area contributed by atoms with Gasteiger partial charge in [0.05, 0.1) is 6.04 Å². The van der Waals surface area contributed by atoms with Crippen molar-refractivity contribution >= 4 is 18.0 Å². The van der Waals surface area contributed by atoms with Crippen LogP contribution in [-0.4, -0.2) is 52.4 Å².